The van der Waals surface area contributed by atoms with Gasteiger partial charge in [-0.3, -0.25) is 14.5 Å². The molecule has 0 spiro atoms. The summed E-state index contributed by atoms with van der Waals surface area (Å²) < 4.78 is 0. The second-order valence-corrected chi connectivity index (χ2v) is 10.8. The molecule has 1 aliphatic rings. The van der Waals surface area contributed by atoms with Crippen LogP contribution in [-0.2, 0) is 16.6 Å². The van der Waals surface area contributed by atoms with Crippen LogP contribution in [0.4, 0.5) is 11.4 Å². The predicted molar refractivity (Wildman–Crippen MR) is 147 cm³/mol. The maximum atomic E-state index is 13.8. The number of hydrogen-bond acceptors (Lipinski definition) is 4. The zero-order valence-corrected chi connectivity index (χ0v) is 21.5. The average molecular weight is 496 g/mol. The van der Waals surface area contributed by atoms with Gasteiger partial charge in [0, 0.05) is 27.9 Å². The van der Waals surface area contributed by atoms with Crippen molar-refractivity contribution in [2.24, 2.45) is 0 Å². The smallest absolute Gasteiger partial charge is 0.255 e. The summed E-state index contributed by atoms with van der Waals surface area (Å²) in [4.78, 5) is 36.8. The van der Waals surface area contributed by atoms with Crippen molar-refractivity contribution in [1.82, 2.24) is 9.97 Å². The summed E-state index contributed by atoms with van der Waals surface area (Å²) in [7, 11) is 0. The van der Waals surface area contributed by atoms with Crippen molar-refractivity contribution in [3.05, 3.63) is 106 Å². The number of nitrogens with zero attached hydrogens (tertiary/aromatic N) is 2. The topological polar surface area (TPSA) is 66.1 Å². The molecule has 1 aliphatic carbocycles. The molecule has 182 valence electrons. The number of H-pyrrole nitrogens is 1. The Bertz CT molecular complexity index is 1410. The van der Waals surface area contributed by atoms with Crippen LogP contribution in [0.15, 0.2) is 94.9 Å². The molecular formula is C30H29N3O2S. The molecule has 2 atom stereocenters. The first-order chi connectivity index (χ1) is 17.4. The average Bonchev–Trinajstić information content (AvgIpc) is 2.90. The van der Waals surface area contributed by atoms with E-state index in [4.69, 9.17) is 4.98 Å². The van der Waals surface area contributed by atoms with Crippen LogP contribution in [0.5, 0.6) is 0 Å². The van der Waals surface area contributed by atoms with Crippen LogP contribution in [-0.4, -0.2) is 21.1 Å². The molecule has 0 aliphatic heterocycles. The number of nitrogens with one attached hydrogen (secondary N) is 1. The van der Waals surface area contributed by atoms with E-state index in [1.54, 1.807) is 4.90 Å². The minimum absolute atomic E-state index is 0.0865. The van der Waals surface area contributed by atoms with Crippen LogP contribution in [0.1, 0.15) is 38.3 Å². The summed E-state index contributed by atoms with van der Waals surface area (Å²) in [6.45, 7) is 6.10. The number of amides is 1. The van der Waals surface area contributed by atoms with Gasteiger partial charge in [0.05, 0.1) is 10.9 Å². The van der Waals surface area contributed by atoms with Gasteiger partial charge in [0.1, 0.15) is 0 Å². The molecule has 0 fully saturated rings. The van der Waals surface area contributed by atoms with Crippen molar-refractivity contribution in [3.8, 4) is 11.3 Å². The zero-order chi connectivity index (χ0) is 25.3. The van der Waals surface area contributed by atoms with E-state index in [9.17, 15) is 9.59 Å². The maximum Gasteiger partial charge on any atom is 0.255 e. The number of hydrogen-bond donors (Lipinski definition) is 1. The number of anilines is 2. The molecule has 0 bridgehead atoms. The van der Waals surface area contributed by atoms with Gasteiger partial charge in [-0.15, -0.1) is 0 Å². The van der Waals surface area contributed by atoms with Crippen molar-refractivity contribution >= 4 is 29.0 Å². The predicted octanol–water partition coefficient (Wildman–Crippen LogP) is 6.51. The van der Waals surface area contributed by atoms with E-state index in [1.165, 1.54) is 17.3 Å². The van der Waals surface area contributed by atoms with Crippen molar-refractivity contribution in [1.29, 1.82) is 0 Å². The minimum atomic E-state index is -0.483. The Kier molecular flexibility index (Phi) is 6.54. The molecule has 1 heterocycles. The molecule has 36 heavy (non-hydrogen) atoms. The van der Waals surface area contributed by atoms with Gasteiger partial charge in [-0.2, -0.15) is 0 Å². The van der Waals surface area contributed by atoms with Gasteiger partial charge >= 0.3 is 0 Å². The standard InChI is InChI=1S/C30H29N3O2S/c1-4-30(3)19-21-13-11-12-18-24(21)26-25(30)27(34)32-29(31-26)36-20(2)28(35)33(22-14-7-5-8-15-22)23-16-9-6-10-17-23/h5-18,20H,4,19H2,1-3H3,(H,31,32,34)/t20-,30-/m1/s1. The third-order valence-corrected chi connectivity index (χ3v) is 7.99. The van der Waals surface area contributed by atoms with Crippen molar-refractivity contribution in [2.45, 2.75) is 49.4 Å². The number of para-hydroxylation sites is 2. The van der Waals surface area contributed by atoms with Crippen LogP contribution in [0.2, 0.25) is 0 Å². The monoisotopic (exact) mass is 495 g/mol. The fraction of sp³-hybridized carbons (Fsp3) is 0.233. The molecule has 4 aromatic rings. The molecule has 1 amide bonds. The van der Waals surface area contributed by atoms with Crippen LogP contribution >= 0.6 is 11.8 Å². The van der Waals surface area contributed by atoms with E-state index in [1.807, 2.05) is 85.8 Å². The van der Waals surface area contributed by atoms with Crippen molar-refractivity contribution in [3.63, 3.8) is 0 Å². The molecular weight excluding hydrogens is 466 g/mol. The summed E-state index contributed by atoms with van der Waals surface area (Å²) in [5.41, 5.74) is 4.85. The fourth-order valence-corrected chi connectivity index (χ4v) is 5.77. The summed E-state index contributed by atoms with van der Waals surface area (Å²) in [6.07, 6.45) is 1.64. The normalized spacial score (nSPS) is 17.1. The zero-order valence-electron chi connectivity index (χ0n) is 20.7. The van der Waals surface area contributed by atoms with Crippen LogP contribution in [0.25, 0.3) is 11.3 Å². The van der Waals surface area contributed by atoms with Gasteiger partial charge in [0.15, 0.2) is 5.16 Å². The third-order valence-electron chi connectivity index (χ3n) is 7.02. The number of carbonyl (C=O) groups is 1. The molecule has 1 aromatic heterocycles. The Morgan fingerprint density at radius 2 is 1.58 bits per heavy atom. The molecule has 5 rings (SSSR count). The van der Waals surface area contributed by atoms with E-state index in [-0.39, 0.29) is 16.9 Å². The quantitative estimate of drug-likeness (QED) is 0.245. The van der Waals surface area contributed by atoms with E-state index in [0.717, 1.165) is 41.0 Å². The van der Waals surface area contributed by atoms with Crippen molar-refractivity contribution in [2.75, 3.05) is 4.90 Å². The lowest BCUT2D eigenvalue weighted by atomic mass is 9.69. The lowest BCUT2D eigenvalue weighted by Crippen LogP contribution is -2.37. The summed E-state index contributed by atoms with van der Waals surface area (Å²) in [6, 6.07) is 27.4. The largest absolute Gasteiger partial charge is 0.301 e. The third kappa shape index (κ3) is 4.37. The lowest BCUT2D eigenvalue weighted by molar-refractivity contribution is -0.117. The molecule has 6 heteroatoms. The van der Waals surface area contributed by atoms with E-state index >= 15 is 0 Å². The van der Waals surface area contributed by atoms with Gasteiger partial charge < -0.3 is 4.98 Å². The Hall–Kier alpha value is -3.64. The highest BCUT2D eigenvalue weighted by molar-refractivity contribution is 8.00. The van der Waals surface area contributed by atoms with E-state index in [2.05, 4.69) is 24.9 Å². The fourth-order valence-electron chi connectivity index (χ4n) is 4.94. The highest BCUT2D eigenvalue weighted by Crippen LogP contribution is 2.42. The highest BCUT2D eigenvalue weighted by atomic mass is 32.2. The van der Waals surface area contributed by atoms with Crippen LogP contribution in [0.3, 0.4) is 0 Å². The summed E-state index contributed by atoms with van der Waals surface area (Å²) in [5, 5.41) is -0.0289. The van der Waals surface area contributed by atoms with Crippen LogP contribution in [0, 0.1) is 0 Å². The molecule has 1 N–H and O–H groups in total. The molecule has 0 radical (unpaired) electrons. The maximum absolute atomic E-state index is 13.8. The molecule has 3 aromatic carbocycles. The summed E-state index contributed by atoms with van der Waals surface area (Å²) >= 11 is 1.28. The van der Waals surface area contributed by atoms with E-state index < -0.39 is 5.25 Å². The number of aromatic amines is 1. The number of carbonyl (C=O) groups excluding carboxylic acids is 1. The Balaban J connectivity index is 1.51. The second kappa shape index (κ2) is 9.78. The number of fused-ring (bicyclic) bond motifs is 3. The van der Waals surface area contributed by atoms with Gasteiger partial charge in [-0.1, -0.05) is 86.3 Å². The van der Waals surface area contributed by atoms with Gasteiger partial charge in [-0.05, 0) is 49.6 Å². The Morgan fingerprint density at radius 3 is 2.19 bits per heavy atom. The van der Waals surface area contributed by atoms with Gasteiger partial charge in [0.2, 0.25) is 5.91 Å². The number of benzene rings is 3. The number of thioether (sulfide) groups is 1. The first kappa shape index (κ1) is 24.1. The van der Waals surface area contributed by atoms with E-state index in [0.29, 0.717) is 5.16 Å². The molecule has 0 saturated heterocycles. The SMILES string of the molecule is CC[C@]1(C)Cc2ccccc2-c2nc(S[C@H](C)C(=O)N(c3ccccc3)c3ccccc3)[nH]c(=O)c21. The molecule has 5 nitrogen and oxygen atoms in total. The van der Waals surface area contributed by atoms with Gasteiger partial charge in [-0.25, -0.2) is 4.98 Å². The molecule has 0 unspecified atom stereocenters. The molecule has 0 saturated carbocycles. The minimum Gasteiger partial charge on any atom is -0.301 e. The highest BCUT2D eigenvalue weighted by Gasteiger charge is 2.37. The first-order valence-electron chi connectivity index (χ1n) is 12.2. The number of aromatic nitrogens is 2. The number of rotatable bonds is 6. The summed E-state index contributed by atoms with van der Waals surface area (Å²) in [5.74, 6) is -0.0865. The van der Waals surface area contributed by atoms with Crippen molar-refractivity contribution < 1.29 is 4.79 Å². The van der Waals surface area contributed by atoms with Crippen LogP contribution < -0.4 is 10.5 Å². The van der Waals surface area contributed by atoms with Gasteiger partial charge in [0.25, 0.3) is 5.56 Å². The second-order valence-electron chi connectivity index (χ2n) is 9.45. The Labute approximate surface area is 215 Å². The Morgan fingerprint density at radius 1 is 1.00 bits per heavy atom. The lowest BCUT2D eigenvalue weighted by Gasteiger charge is -2.35. The first-order valence-corrected chi connectivity index (χ1v) is 13.1.